The second-order valence-electron chi connectivity index (χ2n) is 6.32. The fourth-order valence-corrected chi connectivity index (χ4v) is 4.34. The van der Waals surface area contributed by atoms with Gasteiger partial charge < -0.3 is 9.47 Å². The van der Waals surface area contributed by atoms with E-state index in [1.807, 2.05) is 31.4 Å². The van der Waals surface area contributed by atoms with Gasteiger partial charge in [-0.2, -0.15) is 0 Å². The number of methoxy groups -OCH3 is 2. The van der Waals surface area contributed by atoms with Crippen molar-refractivity contribution in [3.8, 4) is 0 Å². The van der Waals surface area contributed by atoms with E-state index in [0.717, 1.165) is 32.1 Å². The molecule has 2 bridgehead atoms. The highest BCUT2D eigenvalue weighted by atomic mass is 35.5. The summed E-state index contributed by atoms with van der Waals surface area (Å²) >= 11 is 5.53. The summed E-state index contributed by atoms with van der Waals surface area (Å²) in [7, 11) is 3.60. The van der Waals surface area contributed by atoms with Gasteiger partial charge in [-0.3, -0.25) is 4.79 Å². The summed E-state index contributed by atoms with van der Waals surface area (Å²) in [5.41, 5.74) is 1.83. The number of carbonyl (C=O) groups is 1. The van der Waals surface area contributed by atoms with Crippen molar-refractivity contribution in [3.63, 3.8) is 0 Å². The van der Waals surface area contributed by atoms with Crippen molar-refractivity contribution in [2.45, 2.75) is 49.2 Å². The van der Waals surface area contributed by atoms with Crippen molar-refractivity contribution >= 4 is 16.8 Å². The first kappa shape index (κ1) is 15.0. The van der Waals surface area contributed by atoms with E-state index in [4.69, 9.17) is 21.1 Å². The molecule has 3 saturated carbocycles. The maximum Gasteiger partial charge on any atom is 0.252 e. The number of hydrogen-bond acceptors (Lipinski definition) is 3. The molecule has 0 radical (unpaired) electrons. The highest BCUT2D eigenvalue weighted by Crippen LogP contribution is 2.55. The number of carbonyl (C=O) groups excluding carboxylic acids is 1. The summed E-state index contributed by atoms with van der Waals surface area (Å²) in [6.07, 6.45) is 5.37. The van der Waals surface area contributed by atoms with Gasteiger partial charge in [0.2, 0.25) is 0 Å². The summed E-state index contributed by atoms with van der Waals surface area (Å²) in [5, 5.41) is -0.409. The largest absolute Gasteiger partial charge is 0.380 e. The van der Waals surface area contributed by atoms with Crippen LogP contribution < -0.4 is 0 Å². The van der Waals surface area contributed by atoms with Gasteiger partial charge in [-0.15, -0.1) is 0 Å². The fourth-order valence-electron chi connectivity index (χ4n) is 4.22. The van der Waals surface area contributed by atoms with Crippen LogP contribution in [-0.4, -0.2) is 31.2 Å². The standard InChI is InChI=1S/C17H21ClO3/c1-20-14-11-16(21-2)7-9-17(14,10-8-16)13-5-3-12(4-6-13)15(18)19/h3-6,14H,7-11H2,1-2H3. The maximum atomic E-state index is 11.2. The molecule has 114 valence electrons. The fraction of sp³-hybridized carbons (Fsp3) is 0.588. The Bertz CT molecular complexity index is 529. The van der Waals surface area contributed by atoms with Gasteiger partial charge in [-0.25, -0.2) is 0 Å². The normalized spacial score (nSPS) is 34.9. The summed E-state index contributed by atoms with van der Waals surface area (Å²) in [6, 6.07) is 7.71. The lowest BCUT2D eigenvalue weighted by molar-refractivity contribution is -0.157. The molecule has 21 heavy (non-hydrogen) atoms. The van der Waals surface area contributed by atoms with Crippen LogP contribution in [0.4, 0.5) is 0 Å². The Labute approximate surface area is 130 Å². The third kappa shape index (κ3) is 2.32. The summed E-state index contributed by atoms with van der Waals surface area (Å²) in [5.74, 6) is 0. The van der Waals surface area contributed by atoms with Crippen LogP contribution in [0.1, 0.15) is 48.0 Å². The Kier molecular flexibility index (Phi) is 3.85. The SMILES string of the molecule is COC1CC2(OC)CCC1(c1ccc(C(=O)Cl)cc1)CC2. The molecular formula is C17H21ClO3. The third-order valence-corrected chi connectivity index (χ3v) is 5.85. The maximum absolute atomic E-state index is 11.2. The molecule has 0 aliphatic heterocycles. The zero-order chi connectivity index (χ0) is 15.1. The average Bonchev–Trinajstić information content (AvgIpc) is 2.55. The summed E-state index contributed by atoms with van der Waals surface area (Å²) < 4.78 is 11.6. The van der Waals surface area contributed by atoms with Gasteiger partial charge in [0.1, 0.15) is 0 Å². The molecule has 0 aromatic heterocycles. The van der Waals surface area contributed by atoms with Gasteiger partial charge in [0.25, 0.3) is 5.24 Å². The van der Waals surface area contributed by atoms with Crippen LogP contribution in [0.2, 0.25) is 0 Å². The minimum absolute atomic E-state index is 0.00548. The van der Waals surface area contributed by atoms with E-state index in [1.165, 1.54) is 5.56 Å². The van der Waals surface area contributed by atoms with Gasteiger partial charge in [-0.1, -0.05) is 12.1 Å². The first-order chi connectivity index (χ1) is 10.1. The average molecular weight is 309 g/mol. The van der Waals surface area contributed by atoms with Crippen molar-refractivity contribution < 1.29 is 14.3 Å². The molecule has 1 unspecified atom stereocenters. The number of ether oxygens (including phenoxy) is 2. The molecule has 0 spiro atoms. The molecule has 3 nitrogen and oxygen atoms in total. The van der Waals surface area contributed by atoms with E-state index >= 15 is 0 Å². The van der Waals surface area contributed by atoms with E-state index in [9.17, 15) is 4.79 Å². The van der Waals surface area contributed by atoms with Crippen LogP contribution in [0.5, 0.6) is 0 Å². The highest BCUT2D eigenvalue weighted by Gasteiger charge is 2.55. The molecule has 3 fully saturated rings. The lowest BCUT2D eigenvalue weighted by Crippen LogP contribution is -2.58. The molecule has 3 aliphatic carbocycles. The lowest BCUT2D eigenvalue weighted by atomic mass is 9.54. The molecule has 0 amide bonds. The zero-order valence-corrected chi connectivity index (χ0v) is 13.3. The molecule has 4 rings (SSSR count). The molecule has 1 atom stereocenters. The Morgan fingerprint density at radius 2 is 1.76 bits per heavy atom. The van der Waals surface area contributed by atoms with E-state index in [0.29, 0.717) is 5.56 Å². The Morgan fingerprint density at radius 1 is 1.14 bits per heavy atom. The smallest absolute Gasteiger partial charge is 0.252 e. The Hall–Kier alpha value is -0.900. The van der Waals surface area contributed by atoms with Crippen LogP contribution in [0, 0.1) is 0 Å². The number of benzene rings is 1. The van der Waals surface area contributed by atoms with Crippen molar-refractivity contribution in [3.05, 3.63) is 35.4 Å². The molecular weight excluding hydrogens is 288 g/mol. The molecule has 0 N–H and O–H groups in total. The number of hydrogen-bond donors (Lipinski definition) is 0. The summed E-state index contributed by atoms with van der Waals surface area (Å²) in [4.78, 5) is 11.2. The van der Waals surface area contributed by atoms with Crippen LogP contribution in [-0.2, 0) is 14.9 Å². The van der Waals surface area contributed by atoms with Crippen LogP contribution in [0.25, 0.3) is 0 Å². The van der Waals surface area contributed by atoms with E-state index in [1.54, 1.807) is 7.11 Å². The molecule has 4 heteroatoms. The minimum Gasteiger partial charge on any atom is -0.380 e. The highest BCUT2D eigenvalue weighted by molar-refractivity contribution is 6.67. The van der Waals surface area contributed by atoms with E-state index in [2.05, 4.69) is 0 Å². The first-order valence-electron chi connectivity index (χ1n) is 7.44. The molecule has 1 aromatic rings. The summed E-state index contributed by atoms with van der Waals surface area (Å²) in [6.45, 7) is 0. The molecule has 0 heterocycles. The van der Waals surface area contributed by atoms with Gasteiger partial charge in [0.15, 0.2) is 0 Å². The van der Waals surface area contributed by atoms with E-state index < -0.39 is 5.24 Å². The van der Waals surface area contributed by atoms with Crippen LogP contribution in [0.15, 0.2) is 24.3 Å². The molecule has 3 aliphatic rings. The number of fused-ring (bicyclic) bond motifs is 3. The monoisotopic (exact) mass is 308 g/mol. The zero-order valence-electron chi connectivity index (χ0n) is 12.5. The van der Waals surface area contributed by atoms with Crippen molar-refractivity contribution in [1.82, 2.24) is 0 Å². The second kappa shape index (κ2) is 5.38. The molecule has 0 saturated heterocycles. The van der Waals surface area contributed by atoms with Gasteiger partial charge in [0.05, 0.1) is 11.7 Å². The van der Waals surface area contributed by atoms with Crippen molar-refractivity contribution in [1.29, 1.82) is 0 Å². The third-order valence-electron chi connectivity index (χ3n) is 5.63. The Morgan fingerprint density at radius 3 is 2.24 bits per heavy atom. The lowest BCUT2D eigenvalue weighted by Gasteiger charge is -2.56. The first-order valence-corrected chi connectivity index (χ1v) is 7.81. The van der Waals surface area contributed by atoms with Crippen LogP contribution in [0.3, 0.4) is 0 Å². The Balaban J connectivity index is 1.94. The van der Waals surface area contributed by atoms with Gasteiger partial charge in [0, 0.05) is 31.6 Å². The van der Waals surface area contributed by atoms with Gasteiger partial charge in [-0.05, 0) is 55.0 Å². The quantitative estimate of drug-likeness (QED) is 0.796. The second-order valence-corrected chi connectivity index (χ2v) is 6.67. The number of rotatable bonds is 4. The number of halogens is 1. The van der Waals surface area contributed by atoms with Gasteiger partial charge >= 0.3 is 0 Å². The topological polar surface area (TPSA) is 35.5 Å². The predicted octanol–water partition coefficient (Wildman–Crippen LogP) is 3.68. The van der Waals surface area contributed by atoms with Crippen molar-refractivity contribution in [2.24, 2.45) is 0 Å². The van der Waals surface area contributed by atoms with Crippen LogP contribution >= 0.6 is 11.6 Å². The predicted molar refractivity (Wildman–Crippen MR) is 81.9 cm³/mol. The van der Waals surface area contributed by atoms with E-state index in [-0.39, 0.29) is 17.1 Å². The molecule has 1 aromatic carbocycles. The van der Waals surface area contributed by atoms with Crippen molar-refractivity contribution in [2.75, 3.05) is 14.2 Å². The minimum atomic E-state index is -0.409.